The topological polar surface area (TPSA) is 78.3 Å². The van der Waals surface area contributed by atoms with Gasteiger partial charge in [-0.05, 0) is 42.8 Å². The minimum Gasteiger partial charge on any atom is -0.494 e. The van der Waals surface area contributed by atoms with Crippen molar-refractivity contribution in [2.75, 3.05) is 19.0 Å². The molecule has 0 spiro atoms. The molecular formula is C19H19ClN4O3. The fourth-order valence-corrected chi connectivity index (χ4v) is 2.73. The molecule has 0 fully saturated rings. The average molecular weight is 387 g/mol. The van der Waals surface area contributed by atoms with Gasteiger partial charge in [-0.2, -0.15) is 0 Å². The molecule has 0 atom stereocenters. The van der Waals surface area contributed by atoms with Crippen molar-refractivity contribution < 1.29 is 14.3 Å². The van der Waals surface area contributed by atoms with E-state index in [0.717, 1.165) is 11.3 Å². The molecule has 1 aromatic heterocycles. The van der Waals surface area contributed by atoms with E-state index >= 15 is 0 Å². The Morgan fingerprint density at radius 3 is 2.59 bits per heavy atom. The van der Waals surface area contributed by atoms with Crippen LogP contribution in [0.4, 0.5) is 5.69 Å². The number of nitrogens with zero attached hydrogens (tertiary/aromatic N) is 3. The number of ether oxygens (including phenoxy) is 2. The number of carbonyl (C=O) groups is 1. The van der Waals surface area contributed by atoms with E-state index in [0.29, 0.717) is 23.9 Å². The maximum absolute atomic E-state index is 12.6. The Morgan fingerprint density at radius 1 is 1.19 bits per heavy atom. The van der Waals surface area contributed by atoms with Gasteiger partial charge < -0.3 is 14.8 Å². The molecule has 27 heavy (non-hydrogen) atoms. The normalized spacial score (nSPS) is 10.5. The predicted molar refractivity (Wildman–Crippen MR) is 103 cm³/mol. The minimum absolute atomic E-state index is 0.0958. The first-order valence-corrected chi connectivity index (χ1v) is 8.75. The first-order chi connectivity index (χ1) is 13.1. The van der Waals surface area contributed by atoms with Crippen LogP contribution < -0.4 is 14.8 Å². The number of hydrogen-bond donors (Lipinski definition) is 1. The number of nitrogens with one attached hydrogen (secondary N) is 1. The van der Waals surface area contributed by atoms with Crippen LogP contribution in [0.5, 0.6) is 11.6 Å². The smallest absolute Gasteiger partial charge is 0.281 e. The van der Waals surface area contributed by atoms with Crippen LogP contribution in [0.3, 0.4) is 0 Å². The highest BCUT2D eigenvalue weighted by Gasteiger charge is 2.21. The molecule has 0 aliphatic rings. The standard InChI is InChI=1S/C19H19ClN4O3/c1-3-27-15-10-8-14(9-11-15)21-18(25)17-19(26-2)24(23-22-17)12-13-6-4-5-7-16(13)20/h4-11H,3,12H2,1-2H3,(H,21,25). The van der Waals surface area contributed by atoms with Crippen LogP contribution in [0.25, 0.3) is 0 Å². The summed E-state index contributed by atoms with van der Waals surface area (Å²) in [6, 6.07) is 14.5. The first kappa shape index (κ1) is 18.7. The second-order valence-electron chi connectivity index (χ2n) is 5.61. The number of aromatic nitrogens is 3. The lowest BCUT2D eigenvalue weighted by atomic mass is 10.2. The molecule has 140 valence electrons. The molecule has 1 N–H and O–H groups in total. The molecule has 1 amide bonds. The third kappa shape index (κ3) is 4.38. The van der Waals surface area contributed by atoms with E-state index < -0.39 is 5.91 Å². The Kier molecular flexibility index (Phi) is 5.93. The molecule has 7 nitrogen and oxygen atoms in total. The molecular weight excluding hydrogens is 368 g/mol. The van der Waals surface area contributed by atoms with Crippen LogP contribution in [-0.4, -0.2) is 34.6 Å². The van der Waals surface area contributed by atoms with Crippen molar-refractivity contribution in [3.05, 3.63) is 64.8 Å². The van der Waals surface area contributed by atoms with Gasteiger partial charge in [0.15, 0.2) is 0 Å². The Hall–Kier alpha value is -3.06. The fraction of sp³-hybridized carbons (Fsp3) is 0.211. The highest BCUT2D eigenvalue weighted by atomic mass is 35.5. The van der Waals surface area contributed by atoms with E-state index in [1.54, 1.807) is 30.3 Å². The Labute approximate surface area is 161 Å². The summed E-state index contributed by atoms with van der Waals surface area (Å²) in [5, 5.41) is 11.4. The number of methoxy groups -OCH3 is 1. The van der Waals surface area contributed by atoms with Crippen molar-refractivity contribution >= 4 is 23.2 Å². The number of anilines is 1. The zero-order chi connectivity index (χ0) is 19.2. The van der Waals surface area contributed by atoms with E-state index in [1.165, 1.54) is 11.8 Å². The van der Waals surface area contributed by atoms with Crippen LogP contribution >= 0.6 is 11.6 Å². The van der Waals surface area contributed by atoms with Gasteiger partial charge in [-0.3, -0.25) is 4.79 Å². The summed E-state index contributed by atoms with van der Waals surface area (Å²) < 4.78 is 12.2. The summed E-state index contributed by atoms with van der Waals surface area (Å²) in [4.78, 5) is 12.6. The zero-order valence-electron chi connectivity index (χ0n) is 15.0. The van der Waals surface area contributed by atoms with Gasteiger partial charge in [-0.1, -0.05) is 35.0 Å². The SMILES string of the molecule is CCOc1ccc(NC(=O)c2nnn(Cc3ccccc3Cl)c2OC)cc1. The van der Waals surface area contributed by atoms with Crippen molar-refractivity contribution in [3.8, 4) is 11.6 Å². The van der Waals surface area contributed by atoms with Gasteiger partial charge in [0.1, 0.15) is 5.75 Å². The van der Waals surface area contributed by atoms with Crippen molar-refractivity contribution in [2.45, 2.75) is 13.5 Å². The lowest BCUT2D eigenvalue weighted by molar-refractivity contribution is 0.101. The van der Waals surface area contributed by atoms with Crippen LogP contribution in [-0.2, 0) is 6.54 Å². The number of carbonyl (C=O) groups excluding carboxylic acids is 1. The van der Waals surface area contributed by atoms with Crippen LogP contribution in [0.15, 0.2) is 48.5 Å². The Balaban J connectivity index is 1.77. The van der Waals surface area contributed by atoms with Crippen molar-refractivity contribution in [1.82, 2.24) is 15.0 Å². The number of benzene rings is 2. The molecule has 0 bridgehead atoms. The molecule has 0 radical (unpaired) electrons. The predicted octanol–water partition coefficient (Wildman–Crippen LogP) is 3.64. The van der Waals surface area contributed by atoms with Crippen molar-refractivity contribution in [1.29, 1.82) is 0 Å². The summed E-state index contributed by atoms with van der Waals surface area (Å²) in [6.07, 6.45) is 0. The minimum atomic E-state index is -0.415. The molecule has 3 rings (SSSR count). The second kappa shape index (κ2) is 8.55. The molecule has 2 aromatic carbocycles. The lowest BCUT2D eigenvalue weighted by Crippen LogP contribution is -2.14. The highest BCUT2D eigenvalue weighted by Crippen LogP contribution is 2.22. The van der Waals surface area contributed by atoms with Gasteiger partial charge in [0, 0.05) is 10.7 Å². The third-order valence-corrected chi connectivity index (χ3v) is 4.17. The molecule has 1 heterocycles. The van der Waals surface area contributed by atoms with Crippen LogP contribution in [0.1, 0.15) is 23.0 Å². The van der Waals surface area contributed by atoms with E-state index in [1.807, 2.05) is 25.1 Å². The summed E-state index contributed by atoms with van der Waals surface area (Å²) >= 11 is 6.19. The number of amides is 1. The van der Waals surface area contributed by atoms with Gasteiger partial charge >= 0.3 is 0 Å². The van der Waals surface area contributed by atoms with Crippen LogP contribution in [0.2, 0.25) is 5.02 Å². The van der Waals surface area contributed by atoms with Gasteiger partial charge in [-0.25, -0.2) is 4.68 Å². The molecule has 8 heteroatoms. The molecule has 0 saturated heterocycles. The molecule has 0 unspecified atom stereocenters. The van der Waals surface area contributed by atoms with Gasteiger partial charge in [-0.15, -0.1) is 5.10 Å². The van der Waals surface area contributed by atoms with Crippen molar-refractivity contribution in [2.24, 2.45) is 0 Å². The number of halogens is 1. The maximum atomic E-state index is 12.6. The fourth-order valence-electron chi connectivity index (χ4n) is 2.53. The Morgan fingerprint density at radius 2 is 1.93 bits per heavy atom. The van der Waals surface area contributed by atoms with Gasteiger partial charge in [0.05, 0.1) is 20.3 Å². The monoisotopic (exact) mass is 386 g/mol. The second-order valence-corrected chi connectivity index (χ2v) is 6.02. The zero-order valence-corrected chi connectivity index (χ0v) is 15.7. The number of rotatable bonds is 7. The Bertz CT molecular complexity index is 925. The largest absolute Gasteiger partial charge is 0.494 e. The maximum Gasteiger partial charge on any atom is 0.281 e. The number of hydrogen-bond acceptors (Lipinski definition) is 5. The molecule has 3 aromatic rings. The molecule has 0 saturated carbocycles. The van der Waals surface area contributed by atoms with Crippen molar-refractivity contribution in [3.63, 3.8) is 0 Å². The summed E-state index contributed by atoms with van der Waals surface area (Å²) in [7, 11) is 1.47. The molecule has 0 aliphatic carbocycles. The van der Waals surface area contributed by atoms with Crippen LogP contribution in [0, 0.1) is 0 Å². The van der Waals surface area contributed by atoms with E-state index in [-0.39, 0.29) is 11.6 Å². The van der Waals surface area contributed by atoms with Gasteiger partial charge in [0.25, 0.3) is 5.91 Å². The van der Waals surface area contributed by atoms with E-state index in [2.05, 4.69) is 15.6 Å². The third-order valence-electron chi connectivity index (χ3n) is 3.80. The van der Waals surface area contributed by atoms with E-state index in [4.69, 9.17) is 21.1 Å². The summed E-state index contributed by atoms with van der Waals surface area (Å²) in [5.41, 5.74) is 1.56. The molecule has 0 aliphatic heterocycles. The summed E-state index contributed by atoms with van der Waals surface area (Å²) in [5.74, 6) is 0.582. The summed E-state index contributed by atoms with van der Waals surface area (Å²) in [6.45, 7) is 2.83. The quantitative estimate of drug-likeness (QED) is 0.670. The lowest BCUT2D eigenvalue weighted by Gasteiger charge is -2.09. The highest BCUT2D eigenvalue weighted by molar-refractivity contribution is 6.31. The van der Waals surface area contributed by atoms with E-state index in [9.17, 15) is 4.79 Å². The average Bonchev–Trinajstić information content (AvgIpc) is 3.08. The first-order valence-electron chi connectivity index (χ1n) is 8.37. The van der Waals surface area contributed by atoms with Gasteiger partial charge in [0.2, 0.25) is 11.6 Å².